The molecule has 1 aliphatic carbocycles. The van der Waals surface area contributed by atoms with Crippen molar-refractivity contribution in [1.82, 2.24) is 10.2 Å². The number of carboxylic acids is 1. The summed E-state index contributed by atoms with van der Waals surface area (Å²) < 4.78 is 5.61. The number of likely N-dealkylation sites (tertiary alicyclic amines) is 1. The van der Waals surface area contributed by atoms with Crippen molar-refractivity contribution in [2.24, 2.45) is 0 Å². The normalized spacial score (nSPS) is 26.9. The molecule has 0 unspecified atom stereocenters. The lowest BCUT2D eigenvalue weighted by Crippen LogP contribution is -2.47. The smallest absolute Gasteiger partial charge is 0.326 e. The highest BCUT2D eigenvalue weighted by molar-refractivity contribution is 5.83. The zero-order valence-corrected chi connectivity index (χ0v) is 11.5. The molecule has 3 N–H and O–H groups in total. The van der Waals surface area contributed by atoms with E-state index in [1.807, 2.05) is 0 Å². The van der Waals surface area contributed by atoms with Gasteiger partial charge in [-0.25, -0.2) is 9.59 Å². The third-order valence-electron chi connectivity index (χ3n) is 3.86. The fraction of sp³-hybridized carbons (Fsp3) is 0.846. The van der Waals surface area contributed by atoms with Crippen LogP contribution in [0.3, 0.4) is 0 Å². The van der Waals surface area contributed by atoms with E-state index in [0.717, 1.165) is 12.8 Å². The highest BCUT2D eigenvalue weighted by atomic mass is 16.5. The lowest BCUT2D eigenvalue weighted by atomic mass is 10.2. The molecular formula is C13H22N2O5. The average Bonchev–Trinajstić information content (AvgIpc) is 3.03. The lowest BCUT2D eigenvalue weighted by Gasteiger charge is -2.21. The van der Waals surface area contributed by atoms with Gasteiger partial charge in [0.05, 0.1) is 18.8 Å². The molecule has 20 heavy (non-hydrogen) atoms. The first-order chi connectivity index (χ1) is 9.58. The predicted molar refractivity (Wildman–Crippen MR) is 70.4 cm³/mol. The number of carbonyl (C=O) groups excluding carboxylic acids is 1. The Bertz CT molecular complexity index is 357. The van der Waals surface area contributed by atoms with Gasteiger partial charge in [0.2, 0.25) is 0 Å². The number of urea groups is 1. The van der Waals surface area contributed by atoms with Gasteiger partial charge in [-0.15, -0.1) is 0 Å². The van der Waals surface area contributed by atoms with Gasteiger partial charge in [0, 0.05) is 19.5 Å². The van der Waals surface area contributed by atoms with Crippen LogP contribution < -0.4 is 5.32 Å². The molecule has 2 amide bonds. The number of aliphatic hydroxyl groups excluding tert-OH is 1. The number of hydrogen-bond donors (Lipinski definition) is 3. The molecule has 1 saturated carbocycles. The summed E-state index contributed by atoms with van der Waals surface area (Å²) >= 11 is 0. The maximum absolute atomic E-state index is 11.9. The van der Waals surface area contributed by atoms with Gasteiger partial charge >= 0.3 is 12.0 Å². The maximum atomic E-state index is 11.9. The van der Waals surface area contributed by atoms with Crippen molar-refractivity contribution in [3.8, 4) is 0 Å². The van der Waals surface area contributed by atoms with E-state index in [0.29, 0.717) is 19.3 Å². The minimum Gasteiger partial charge on any atom is -0.480 e. The van der Waals surface area contributed by atoms with Crippen LogP contribution in [0, 0.1) is 0 Å². The summed E-state index contributed by atoms with van der Waals surface area (Å²) in [5.74, 6) is -1.08. The monoisotopic (exact) mass is 286 g/mol. The molecule has 1 aliphatic heterocycles. The van der Waals surface area contributed by atoms with Crippen molar-refractivity contribution in [1.29, 1.82) is 0 Å². The van der Waals surface area contributed by atoms with Crippen LogP contribution in [-0.4, -0.2) is 65.1 Å². The Labute approximate surface area is 117 Å². The van der Waals surface area contributed by atoms with Crippen molar-refractivity contribution < 1.29 is 24.5 Å². The summed E-state index contributed by atoms with van der Waals surface area (Å²) in [6, 6.07) is -1.40. The first kappa shape index (κ1) is 15.1. The van der Waals surface area contributed by atoms with E-state index in [1.54, 1.807) is 0 Å². The summed E-state index contributed by atoms with van der Waals surface area (Å²) in [5.41, 5.74) is 0. The Morgan fingerprint density at radius 3 is 2.65 bits per heavy atom. The van der Waals surface area contributed by atoms with Crippen LogP contribution in [0.25, 0.3) is 0 Å². The van der Waals surface area contributed by atoms with E-state index < -0.39 is 24.1 Å². The fourth-order valence-electron chi connectivity index (χ4n) is 2.81. The van der Waals surface area contributed by atoms with Gasteiger partial charge in [0.15, 0.2) is 0 Å². The predicted octanol–water partition coefficient (Wildman–Crippen LogP) is 0.175. The zero-order valence-electron chi connectivity index (χ0n) is 11.5. The van der Waals surface area contributed by atoms with Crippen molar-refractivity contribution in [2.45, 2.75) is 50.4 Å². The first-order valence-electron chi connectivity index (χ1n) is 7.15. The molecule has 114 valence electrons. The topological polar surface area (TPSA) is 99.1 Å². The van der Waals surface area contributed by atoms with Crippen LogP contribution in [0.15, 0.2) is 0 Å². The molecule has 0 bridgehead atoms. The number of amides is 2. The fourth-order valence-corrected chi connectivity index (χ4v) is 2.81. The van der Waals surface area contributed by atoms with Crippen LogP contribution in [-0.2, 0) is 9.53 Å². The lowest BCUT2D eigenvalue weighted by molar-refractivity contribution is -0.141. The van der Waals surface area contributed by atoms with Gasteiger partial charge in [-0.3, -0.25) is 0 Å². The minimum absolute atomic E-state index is 0.0618. The number of rotatable bonds is 5. The SMILES string of the molecule is O=C(O)[C@@H]1C[C@@H](O)CN1C(=O)NCCOC1CCCC1. The van der Waals surface area contributed by atoms with E-state index in [1.165, 1.54) is 17.7 Å². The molecule has 7 nitrogen and oxygen atoms in total. The second kappa shape index (κ2) is 6.90. The number of ether oxygens (including phenoxy) is 1. The van der Waals surface area contributed by atoms with Gasteiger partial charge in [-0.1, -0.05) is 12.8 Å². The van der Waals surface area contributed by atoms with Gasteiger partial charge in [-0.2, -0.15) is 0 Å². The van der Waals surface area contributed by atoms with Crippen molar-refractivity contribution in [3.63, 3.8) is 0 Å². The molecule has 0 aromatic rings. The number of nitrogens with one attached hydrogen (secondary N) is 1. The first-order valence-corrected chi connectivity index (χ1v) is 7.15. The van der Waals surface area contributed by atoms with Gasteiger partial charge < -0.3 is 25.2 Å². The highest BCUT2D eigenvalue weighted by Crippen LogP contribution is 2.20. The van der Waals surface area contributed by atoms with E-state index in [4.69, 9.17) is 9.84 Å². The number of hydrogen-bond acceptors (Lipinski definition) is 4. The quantitative estimate of drug-likeness (QED) is 0.626. The summed E-state index contributed by atoms with van der Waals surface area (Å²) in [7, 11) is 0. The third-order valence-corrected chi connectivity index (χ3v) is 3.86. The Morgan fingerprint density at radius 1 is 1.30 bits per heavy atom. The number of aliphatic carboxylic acids is 1. The van der Waals surface area contributed by atoms with E-state index in [2.05, 4.69) is 5.32 Å². The van der Waals surface area contributed by atoms with Gasteiger partial charge in [-0.05, 0) is 12.8 Å². The third kappa shape index (κ3) is 3.83. The molecule has 7 heteroatoms. The van der Waals surface area contributed by atoms with Gasteiger partial charge in [0.1, 0.15) is 6.04 Å². The number of carbonyl (C=O) groups is 2. The van der Waals surface area contributed by atoms with Crippen LogP contribution in [0.5, 0.6) is 0 Å². The van der Waals surface area contributed by atoms with E-state index in [-0.39, 0.29) is 13.0 Å². The molecular weight excluding hydrogens is 264 g/mol. The van der Waals surface area contributed by atoms with Crippen molar-refractivity contribution >= 4 is 12.0 Å². The standard InChI is InChI=1S/C13H22N2O5/c16-9-7-11(12(17)18)15(8-9)13(19)14-5-6-20-10-3-1-2-4-10/h9-11,16H,1-8H2,(H,14,19)(H,17,18)/t9-,11+/m1/s1. The Balaban J connectivity index is 1.69. The van der Waals surface area contributed by atoms with E-state index in [9.17, 15) is 14.7 Å². The molecule has 2 atom stereocenters. The second-order valence-electron chi connectivity index (χ2n) is 5.41. The number of β-amino-alcohol motifs (C(OH)–C–C–N with tert-alkyl or cyclic N) is 1. The molecule has 2 fully saturated rings. The van der Waals surface area contributed by atoms with Gasteiger partial charge in [0.25, 0.3) is 0 Å². The van der Waals surface area contributed by atoms with Crippen molar-refractivity contribution in [2.75, 3.05) is 19.7 Å². The Hall–Kier alpha value is -1.34. The van der Waals surface area contributed by atoms with Crippen molar-refractivity contribution in [3.05, 3.63) is 0 Å². The molecule has 0 aromatic carbocycles. The Morgan fingerprint density at radius 2 is 2.00 bits per heavy atom. The summed E-state index contributed by atoms with van der Waals surface area (Å²) in [5, 5.41) is 21.1. The number of carboxylic acid groups (broad SMARTS) is 1. The minimum atomic E-state index is -1.08. The molecule has 0 spiro atoms. The molecule has 2 rings (SSSR count). The molecule has 0 radical (unpaired) electrons. The van der Waals surface area contributed by atoms with E-state index >= 15 is 0 Å². The van der Waals surface area contributed by atoms with Crippen LogP contribution >= 0.6 is 0 Å². The molecule has 1 saturated heterocycles. The van der Waals surface area contributed by atoms with Crippen LogP contribution in [0.2, 0.25) is 0 Å². The Kier molecular flexibility index (Phi) is 5.19. The average molecular weight is 286 g/mol. The maximum Gasteiger partial charge on any atom is 0.326 e. The largest absolute Gasteiger partial charge is 0.480 e. The summed E-state index contributed by atoms with van der Waals surface area (Å²) in [4.78, 5) is 24.1. The number of aliphatic hydroxyl groups is 1. The second-order valence-corrected chi connectivity index (χ2v) is 5.41. The molecule has 0 aromatic heterocycles. The van der Waals surface area contributed by atoms with Crippen LogP contribution in [0.4, 0.5) is 4.79 Å². The van der Waals surface area contributed by atoms with Crippen LogP contribution in [0.1, 0.15) is 32.1 Å². The number of nitrogens with zero attached hydrogens (tertiary/aromatic N) is 1. The summed E-state index contributed by atoms with van der Waals surface area (Å²) in [6.45, 7) is 0.852. The summed E-state index contributed by atoms with van der Waals surface area (Å²) in [6.07, 6.45) is 4.16. The molecule has 2 aliphatic rings. The molecule has 1 heterocycles. The zero-order chi connectivity index (χ0) is 14.5. The highest BCUT2D eigenvalue weighted by Gasteiger charge is 2.38.